The van der Waals surface area contributed by atoms with Gasteiger partial charge in [-0.25, -0.2) is 13.1 Å². The smallest absolute Gasteiger partial charge is 0.296 e. The Bertz CT molecular complexity index is 1390. The van der Waals surface area contributed by atoms with Gasteiger partial charge in [0, 0.05) is 12.1 Å². The molecule has 1 saturated carbocycles. The fourth-order valence-corrected chi connectivity index (χ4v) is 5.44. The summed E-state index contributed by atoms with van der Waals surface area (Å²) in [5.74, 6) is -0.472. The molecular formula is C16H23N7O8S3. The van der Waals surface area contributed by atoms with E-state index in [0.717, 1.165) is 24.5 Å². The Morgan fingerprint density at radius 1 is 0.882 bits per heavy atom. The van der Waals surface area contributed by atoms with Gasteiger partial charge >= 0.3 is 0 Å². The Kier molecular flexibility index (Phi) is 7.29. The minimum Gasteiger partial charge on any atom is -0.368 e. The predicted molar refractivity (Wildman–Crippen MR) is 121 cm³/mol. The minimum atomic E-state index is -4.78. The summed E-state index contributed by atoms with van der Waals surface area (Å²) in [6.07, 6.45) is 3.46. The Morgan fingerprint density at radius 2 is 1.47 bits per heavy atom. The third-order valence-corrected chi connectivity index (χ3v) is 7.39. The normalized spacial score (nSPS) is 19.5. The quantitative estimate of drug-likeness (QED) is 0.242. The summed E-state index contributed by atoms with van der Waals surface area (Å²) in [5, 5.41) is 5.52. The van der Waals surface area contributed by atoms with Crippen molar-refractivity contribution in [3.05, 3.63) is 18.2 Å². The number of aromatic nitrogens is 3. The minimum absolute atomic E-state index is 0.0360. The number of nitrogens with one attached hydrogen (secondary N) is 3. The highest BCUT2D eigenvalue weighted by molar-refractivity contribution is 7.88. The lowest BCUT2D eigenvalue weighted by Gasteiger charge is -2.29. The van der Waals surface area contributed by atoms with E-state index in [1.54, 1.807) is 0 Å². The molecule has 0 aliphatic heterocycles. The van der Waals surface area contributed by atoms with E-state index >= 15 is 0 Å². The molecule has 1 fully saturated rings. The third-order valence-electron chi connectivity index (χ3n) is 4.87. The largest absolute Gasteiger partial charge is 0.368 e. The number of nitrogens with zero attached hydrogens (tertiary/aromatic N) is 3. The lowest BCUT2D eigenvalue weighted by atomic mass is 9.92. The average Bonchev–Trinajstić information content (AvgIpc) is 2.66. The van der Waals surface area contributed by atoms with Gasteiger partial charge in [0.1, 0.15) is 4.90 Å². The number of nitrogen functional groups attached to an aromatic ring is 1. The Balaban J connectivity index is 1.81. The Hall–Kier alpha value is -2.64. The van der Waals surface area contributed by atoms with Crippen LogP contribution in [-0.2, 0) is 30.3 Å². The number of sulfonamides is 1. The van der Waals surface area contributed by atoms with E-state index in [0.29, 0.717) is 25.7 Å². The van der Waals surface area contributed by atoms with Crippen molar-refractivity contribution in [2.24, 2.45) is 0 Å². The molecule has 0 bridgehead atoms. The predicted octanol–water partition coefficient (Wildman–Crippen LogP) is -0.0369. The average molecular weight is 538 g/mol. The first-order valence-corrected chi connectivity index (χ1v) is 14.5. The van der Waals surface area contributed by atoms with Crippen LogP contribution in [0, 0.1) is 0 Å². The van der Waals surface area contributed by atoms with Gasteiger partial charge in [0.25, 0.3) is 20.2 Å². The molecule has 0 spiro atoms. The van der Waals surface area contributed by atoms with Gasteiger partial charge in [-0.2, -0.15) is 31.8 Å². The Labute approximate surface area is 196 Å². The van der Waals surface area contributed by atoms with Crippen LogP contribution < -0.4 is 21.1 Å². The van der Waals surface area contributed by atoms with E-state index in [1.807, 2.05) is 0 Å². The van der Waals surface area contributed by atoms with E-state index in [4.69, 9.17) is 5.73 Å². The zero-order valence-electron chi connectivity index (χ0n) is 17.7. The number of benzene rings is 1. The summed E-state index contributed by atoms with van der Waals surface area (Å²) in [6, 6.07) is 2.08. The summed E-state index contributed by atoms with van der Waals surface area (Å²) in [7, 11) is -12.8. The van der Waals surface area contributed by atoms with E-state index in [9.17, 15) is 34.4 Å². The van der Waals surface area contributed by atoms with Gasteiger partial charge in [-0.05, 0) is 43.9 Å². The zero-order valence-corrected chi connectivity index (χ0v) is 20.2. The van der Waals surface area contributed by atoms with Gasteiger partial charge in [0.15, 0.2) is 0 Å². The highest BCUT2D eigenvalue weighted by atomic mass is 32.2. The molecule has 1 aliphatic carbocycles. The number of hydrogen-bond acceptors (Lipinski definition) is 12. The van der Waals surface area contributed by atoms with Crippen LogP contribution in [0.3, 0.4) is 0 Å². The maximum Gasteiger partial charge on any atom is 0.296 e. The lowest BCUT2D eigenvalue weighted by molar-refractivity contribution is 0.387. The second-order valence-corrected chi connectivity index (χ2v) is 12.2. The summed E-state index contributed by atoms with van der Waals surface area (Å²) >= 11 is 0. The number of anilines is 4. The van der Waals surface area contributed by atoms with Gasteiger partial charge in [-0.3, -0.25) is 9.11 Å². The molecule has 18 heteroatoms. The van der Waals surface area contributed by atoms with Crippen LogP contribution in [0.2, 0.25) is 0 Å². The van der Waals surface area contributed by atoms with Gasteiger partial charge in [-0.1, -0.05) is 0 Å². The number of rotatable bonds is 8. The number of nitrogens with two attached hydrogens (primary N) is 1. The van der Waals surface area contributed by atoms with E-state index in [2.05, 4.69) is 30.3 Å². The lowest BCUT2D eigenvalue weighted by Crippen LogP contribution is -2.39. The van der Waals surface area contributed by atoms with E-state index in [1.165, 1.54) is 0 Å². The van der Waals surface area contributed by atoms with Crippen LogP contribution in [0.5, 0.6) is 0 Å². The van der Waals surface area contributed by atoms with Crippen LogP contribution in [0.4, 0.5) is 23.5 Å². The standard InChI is InChI=1S/C16H23N7O8S3/c1-32(24,25)23-10-4-2-9(3-5-10)18-15-20-14(17)21-16(22-15)19-12-8-11(33(26,27)28)6-7-13(12)34(29,30)31/h6-10,23H,2-5H2,1H3,(H,26,27,28)(H,29,30,31)(H4,17,18,19,20,21,22). The number of hydrogen-bond donors (Lipinski definition) is 6. The van der Waals surface area contributed by atoms with Crippen molar-refractivity contribution < 1.29 is 34.4 Å². The van der Waals surface area contributed by atoms with Crippen LogP contribution in [0.1, 0.15) is 25.7 Å². The molecule has 3 rings (SSSR count). The van der Waals surface area contributed by atoms with Crippen LogP contribution in [-0.4, -0.2) is 67.7 Å². The van der Waals surface area contributed by atoms with Crippen molar-refractivity contribution in [1.29, 1.82) is 0 Å². The first kappa shape index (κ1) is 26.0. The zero-order chi connectivity index (χ0) is 25.3. The van der Waals surface area contributed by atoms with Crippen molar-refractivity contribution in [3.8, 4) is 0 Å². The monoisotopic (exact) mass is 537 g/mol. The van der Waals surface area contributed by atoms with Crippen molar-refractivity contribution >= 4 is 53.8 Å². The van der Waals surface area contributed by atoms with Crippen molar-refractivity contribution in [1.82, 2.24) is 19.7 Å². The maximum atomic E-state index is 11.7. The molecule has 0 amide bonds. The first-order chi connectivity index (χ1) is 15.6. The molecule has 0 unspecified atom stereocenters. The summed E-state index contributed by atoms with van der Waals surface area (Å²) in [5.41, 5.74) is 5.28. The second-order valence-electron chi connectivity index (χ2n) is 7.66. The van der Waals surface area contributed by atoms with Crippen molar-refractivity contribution in [2.45, 2.75) is 47.6 Å². The molecule has 1 heterocycles. The molecule has 0 atom stereocenters. The fourth-order valence-electron chi connectivity index (χ4n) is 3.47. The third kappa shape index (κ3) is 7.18. The van der Waals surface area contributed by atoms with E-state index < -0.39 is 45.7 Å². The molecule has 1 aromatic carbocycles. The van der Waals surface area contributed by atoms with Gasteiger partial charge in [0.05, 0.1) is 16.8 Å². The molecule has 34 heavy (non-hydrogen) atoms. The van der Waals surface area contributed by atoms with Crippen LogP contribution >= 0.6 is 0 Å². The topological polar surface area (TPSA) is 244 Å². The molecule has 15 nitrogen and oxygen atoms in total. The second kappa shape index (κ2) is 9.55. The molecule has 0 radical (unpaired) electrons. The summed E-state index contributed by atoms with van der Waals surface area (Å²) < 4.78 is 90.3. The van der Waals surface area contributed by atoms with Gasteiger partial charge < -0.3 is 16.4 Å². The van der Waals surface area contributed by atoms with Gasteiger partial charge in [0.2, 0.25) is 27.9 Å². The van der Waals surface area contributed by atoms with E-state index in [-0.39, 0.29) is 29.9 Å². The first-order valence-electron chi connectivity index (χ1n) is 9.71. The SMILES string of the molecule is CS(=O)(=O)NC1CCC(Nc2nc(N)nc(Nc3cc(S(=O)(=O)O)ccc3S(=O)(=O)O)n2)CC1. The fraction of sp³-hybridized carbons (Fsp3) is 0.438. The molecule has 0 saturated heterocycles. The maximum absolute atomic E-state index is 11.7. The van der Waals surface area contributed by atoms with Gasteiger partial charge in [-0.15, -0.1) is 0 Å². The van der Waals surface area contributed by atoms with Crippen LogP contribution in [0.15, 0.2) is 28.0 Å². The Morgan fingerprint density at radius 3 is 2.03 bits per heavy atom. The van der Waals surface area contributed by atoms with Crippen LogP contribution in [0.25, 0.3) is 0 Å². The summed E-state index contributed by atoms with van der Waals surface area (Å²) in [4.78, 5) is 10.6. The highest BCUT2D eigenvalue weighted by Crippen LogP contribution is 2.28. The molecular weight excluding hydrogens is 514 g/mol. The molecule has 1 aliphatic rings. The highest BCUT2D eigenvalue weighted by Gasteiger charge is 2.24. The van der Waals surface area contributed by atoms with Crippen molar-refractivity contribution in [3.63, 3.8) is 0 Å². The summed E-state index contributed by atoms with van der Waals surface area (Å²) in [6.45, 7) is 0. The van der Waals surface area contributed by atoms with Crippen molar-refractivity contribution in [2.75, 3.05) is 22.6 Å². The molecule has 2 aromatic rings. The molecule has 1 aromatic heterocycles. The molecule has 188 valence electrons. The molecule has 7 N–H and O–H groups in total.